The third-order valence-electron chi connectivity index (χ3n) is 3.79. The van der Waals surface area contributed by atoms with Gasteiger partial charge in [-0.1, -0.05) is 11.6 Å². The second-order valence-corrected chi connectivity index (χ2v) is 6.33. The number of anilines is 1. The molecule has 3 aromatic rings. The molecule has 0 unspecified atom stereocenters. The lowest BCUT2D eigenvalue weighted by atomic mass is 10.1. The normalized spacial score (nSPS) is 11.2. The number of nitrogens with zero attached hydrogens (tertiary/aromatic N) is 2. The van der Waals surface area contributed by atoms with Crippen molar-refractivity contribution >= 4 is 23.2 Å². The van der Waals surface area contributed by atoms with Gasteiger partial charge in [-0.25, -0.2) is 14.4 Å². The van der Waals surface area contributed by atoms with Crippen molar-refractivity contribution < 1.29 is 27.1 Å². The predicted molar refractivity (Wildman–Crippen MR) is 97.7 cm³/mol. The summed E-state index contributed by atoms with van der Waals surface area (Å²) < 4.78 is 58.7. The first-order chi connectivity index (χ1) is 13.6. The van der Waals surface area contributed by atoms with Crippen molar-refractivity contribution in [3.05, 3.63) is 76.6 Å². The summed E-state index contributed by atoms with van der Waals surface area (Å²) in [7, 11) is 0. The van der Waals surface area contributed by atoms with Crippen LogP contribution in [0.3, 0.4) is 0 Å². The highest BCUT2D eigenvalue weighted by molar-refractivity contribution is 6.32. The number of carbonyl (C=O) groups is 1. The van der Waals surface area contributed by atoms with E-state index in [0.29, 0.717) is 11.6 Å². The van der Waals surface area contributed by atoms with Crippen LogP contribution in [0.1, 0.15) is 21.5 Å². The molecule has 10 heteroatoms. The minimum Gasteiger partial charge on any atom is -0.456 e. The van der Waals surface area contributed by atoms with Gasteiger partial charge in [0.25, 0.3) is 5.91 Å². The average Bonchev–Trinajstić information content (AvgIpc) is 2.64. The Morgan fingerprint density at radius 1 is 1.10 bits per heavy atom. The Kier molecular flexibility index (Phi) is 5.69. The van der Waals surface area contributed by atoms with E-state index in [0.717, 1.165) is 18.2 Å². The van der Waals surface area contributed by atoms with Crippen molar-refractivity contribution in [1.82, 2.24) is 9.97 Å². The maximum Gasteiger partial charge on any atom is 0.417 e. The molecule has 0 saturated heterocycles. The van der Waals surface area contributed by atoms with Gasteiger partial charge in [0.05, 0.1) is 34.2 Å². The van der Waals surface area contributed by atoms with Crippen molar-refractivity contribution in [1.29, 1.82) is 0 Å². The van der Waals surface area contributed by atoms with Crippen LogP contribution in [0.15, 0.2) is 49.1 Å². The molecule has 0 fully saturated rings. The Morgan fingerprint density at radius 3 is 2.41 bits per heavy atom. The molecule has 0 bridgehead atoms. The van der Waals surface area contributed by atoms with E-state index >= 15 is 0 Å². The van der Waals surface area contributed by atoms with E-state index in [1.54, 1.807) is 0 Å². The Labute approximate surface area is 167 Å². The molecule has 0 atom stereocenters. The van der Waals surface area contributed by atoms with Gasteiger partial charge >= 0.3 is 6.18 Å². The molecule has 1 aromatic heterocycles. The number of hydrogen-bond acceptors (Lipinski definition) is 4. The molecule has 29 heavy (non-hydrogen) atoms. The van der Waals surface area contributed by atoms with Crippen molar-refractivity contribution in [2.75, 3.05) is 5.32 Å². The van der Waals surface area contributed by atoms with Crippen molar-refractivity contribution in [3.63, 3.8) is 0 Å². The first-order valence-corrected chi connectivity index (χ1v) is 8.44. The third-order valence-corrected chi connectivity index (χ3v) is 4.11. The van der Waals surface area contributed by atoms with E-state index in [-0.39, 0.29) is 17.0 Å². The number of ether oxygens (including phenoxy) is 1. The van der Waals surface area contributed by atoms with Crippen LogP contribution in [0.5, 0.6) is 11.5 Å². The molecule has 3 rings (SSSR count). The van der Waals surface area contributed by atoms with Crippen LogP contribution in [0.2, 0.25) is 5.02 Å². The largest absolute Gasteiger partial charge is 0.456 e. The maximum atomic E-state index is 13.3. The van der Waals surface area contributed by atoms with Gasteiger partial charge in [-0.2, -0.15) is 13.2 Å². The second kappa shape index (κ2) is 8.04. The number of rotatable bonds is 4. The summed E-state index contributed by atoms with van der Waals surface area (Å²) in [5.74, 6) is -1.64. The van der Waals surface area contributed by atoms with Crippen molar-refractivity contribution in [2.24, 2.45) is 0 Å². The SMILES string of the molecule is Cc1cc(F)ccc1Oc1cc(C(F)(F)F)c(Cl)cc1C(=O)Nc1cncnc1. The zero-order chi connectivity index (χ0) is 21.2. The van der Waals surface area contributed by atoms with Gasteiger partial charge < -0.3 is 10.1 Å². The number of benzene rings is 2. The number of hydrogen-bond donors (Lipinski definition) is 1. The van der Waals surface area contributed by atoms with E-state index in [9.17, 15) is 22.4 Å². The molecule has 0 aliphatic rings. The Bertz CT molecular complexity index is 1060. The number of aromatic nitrogens is 2. The van der Waals surface area contributed by atoms with Crippen molar-refractivity contribution in [2.45, 2.75) is 13.1 Å². The number of alkyl halides is 3. The topological polar surface area (TPSA) is 64.1 Å². The van der Waals surface area contributed by atoms with Gasteiger partial charge in [0.15, 0.2) is 0 Å². The molecule has 1 heterocycles. The lowest BCUT2D eigenvalue weighted by Gasteiger charge is -2.17. The number of halogens is 5. The Hall–Kier alpha value is -3.20. The molecule has 1 N–H and O–H groups in total. The second-order valence-electron chi connectivity index (χ2n) is 5.92. The van der Waals surface area contributed by atoms with Crippen molar-refractivity contribution in [3.8, 4) is 11.5 Å². The van der Waals surface area contributed by atoms with Gasteiger partial charge in [0.1, 0.15) is 23.6 Å². The van der Waals surface area contributed by atoms with Crippen LogP contribution in [0.4, 0.5) is 23.2 Å². The number of nitrogens with one attached hydrogen (secondary N) is 1. The zero-order valence-electron chi connectivity index (χ0n) is 14.7. The highest BCUT2D eigenvalue weighted by atomic mass is 35.5. The van der Waals surface area contributed by atoms with Crippen LogP contribution in [-0.4, -0.2) is 15.9 Å². The molecule has 0 spiro atoms. The summed E-state index contributed by atoms with van der Waals surface area (Å²) in [4.78, 5) is 20.1. The van der Waals surface area contributed by atoms with Gasteiger partial charge in [-0.15, -0.1) is 0 Å². The van der Waals surface area contributed by atoms with Crippen LogP contribution >= 0.6 is 11.6 Å². The molecule has 150 valence electrons. The van der Waals surface area contributed by atoms with E-state index in [1.807, 2.05) is 0 Å². The van der Waals surface area contributed by atoms with Crippen LogP contribution in [0, 0.1) is 12.7 Å². The average molecular weight is 426 g/mol. The molecular weight excluding hydrogens is 414 g/mol. The highest BCUT2D eigenvalue weighted by Crippen LogP contribution is 2.40. The summed E-state index contributed by atoms with van der Waals surface area (Å²) in [5, 5.41) is 1.78. The fraction of sp³-hybridized carbons (Fsp3) is 0.105. The van der Waals surface area contributed by atoms with Crippen LogP contribution < -0.4 is 10.1 Å². The number of aryl methyl sites for hydroxylation is 1. The molecule has 0 radical (unpaired) electrons. The smallest absolute Gasteiger partial charge is 0.417 e. The first-order valence-electron chi connectivity index (χ1n) is 8.06. The molecule has 0 saturated carbocycles. The summed E-state index contributed by atoms with van der Waals surface area (Å²) in [6.07, 6.45) is -0.908. The van der Waals surface area contributed by atoms with E-state index in [4.69, 9.17) is 16.3 Å². The summed E-state index contributed by atoms with van der Waals surface area (Å²) in [6.45, 7) is 1.51. The van der Waals surface area contributed by atoms with Gasteiger partial charge in [0, 0.05) is 0 Å². The van der Waals surface area contributed by atoms with Gasteiger partial charge in [0.2, 0.25) is 0 Å². The Balaban J connectivity index is 2.06. The van der Waals surface area contributed by atoms with Gasteiger partial charge in [-0.3, -0.25) is 4.79 Å². The van der Waals surface area contributed by atoms with E-state index in [1.165, 1.54) is 31.7 Å². The number of amides is 1. The fourth-order valence-corrected chi connectivity index (χ4v) is 2.71. The highest BCUT2D eigenvalue weighted by Gasteiger charge is 2.35. The van der Waals surface area contributed by atoms with Crippen LogP contribution in [-0.2, 0) is 6.18 Å². The molecule has 0 aliphatic carbocycles. The maximum absolute atomic E-state index is 13.3. The number of carbonyl (C=O) groups excluding carboxylic acids is 1. The van der Waals surface area contributed by atoms with E-state index < -0.39 is 34.2 Å². The standard InChI is InChI=1S/C19H12ClF4N3O2/c1-10-4-11(21)2-3-16(10)29-17-6-14(19(22,23)24)15(20)5-13(17)18(28)27-12-7-25-9-26-8-12/h2-9H,1H3,(H,27,28). The zero-order valence-corrected chi connectivity index (χ0v) is 15.5. The molecule has 2 aromatic carbocycles. The molecule has 1 amide bonds. The first kappa shape index (κ1) is 20.5. The lowest BCUT2D eigenvalue weighted by molar-refractivity contribution is -0.137. The molecule has 5 nitrogen and oxygen atoms in total. The summed E-state index contributed by atoms with van der Waals surface area (Å²) in [6, 6.07) is 4.97. The quantitative estimate of drug-likeness (QED) is 0.549. The van der Waals surface area contributed by atoms with Gasteiger partial charge in [-0.05, 0) is 42.8 Å². The molecular formula is C19H12ClF4N3O2. The van der Waals surface area contributed by atoms with E-state index in [2.05, 4.69) is 15.3 Å². The summed E-state index contributed by atoms with van der Waals surface area (Å²) in [5.41, 5.74) is -0.877. The monoisotopic (exact) mass is 425 g/mol. The summed E-state index contributed by atoms with van der Waals surface area (Å²) >= 11 is 5.76. The lowest BCUT2D eigenvalue weighted by Crippen LogP contribution is -2.15. The fourth-order valence-electron chi connectivity index (χ4n) is 2.44. The minimum absolute atomic E-state index is 0.0824. The Morgan fingerprint density at radius 2 is 1.79 bits per heavy atom. The predicted octanol–water partition coefficient (Wildman–Crippen LogP) is 5.64. The molecule has 0 aliphatic heterocycles. The third kappa shape index (κ3) is 4.80. The van der Waals surface area contributed by atoms with Crippen LogP contribution in [0.25, 0.3) is 0 Å². The minimum atomic E-state index is -4.77.